The number of nitrogens with zero attached hydrogens (tertiary/aromatic N) is 2. The molecule has 0 bridgehead atoms. The Balaban J connectivity index is 1.98. The Hall–Kier alpha value is -3.21. The minimum absolute atomic E-state index is 0.0304. The van der Waals surface area contributed by atoms with Crippen molar-refractivity contribution >= 4 is 27.3 Å². The monoisotopic (exact) mass is 456 g/mol. The molecule has 0 aliphatic heterocycles. The average molecular weight is 457 g/mol. The van der Waals surface area contributed by atoms with E-state index >= 15 is 0 Å². The zero-order chi connectivity index (χ0) is 22.6. The summed E-state index contributed by atoms with van der Waals surface area (Å²) in [7, 11) is -3.63. The molecular weight excluding hydrogens is 439 g/mol. The highest BCUT2D eigenvalue weighted by atomic mass is 35.5. The zero-order valence-electron chi connectivity index (χ0n) is 16.5. The van der Waals surface area contributed by atoms with Crippen LogP contribution in [0.5, 0.6) is 0 Å². The second-order valence-corrected chi connectivity index (χ2v) is 9.41. The van der Waals surface area contributed by atoms with E-state index in [2.05, 4.69) is 0 Å². The molecule has 31 heavy (non-hydrogen) atoms. The van der Waals surface area contributed by atoms with Crippen molar-refractivity contribution < 1.29 is 17.6 Å². The van der Waals surface area contributed by atoms with Gasteiger partial charge in [-0.25, -0.2) is 12.8 Å². The van der Waals surface area contributed by atoms with Gasteiger partial charge in [-0.3, -0.25) is 4.79 Å². The largest absolute Gasteiger partial charge is 0.330 e. The molecule has 0 atom stereocenters. The van der Waals surface area contributed by atoms with Gasteiger partial charge in [-0.15, -0.1) is 0 Å². The lowest BCUT2D eigenvalue weighted by atomic mass is 10.1. The summed E-state index contributed by atoms with van der Waals surface area (Å²) in [6.07, 6.45) is 1.02. The lowest BCUT2D eigenvalue weighted by Crippen LogP contribution is -2.30. The van der Waals surface area contributed by atoms with Crippen molar-refractivity contribution in [2.24, 2.45) is 0 Å². The first-order valence-electron chi connectivity index (χ1n) is 9.20. The van der Waals surface area contributed by atoms with Gasteiger partial charge >= 0.3 is 0 Å². The van der Waals surface area contributed by atoms with Crippen molar-refractivity contribution in [3.8, 4) is 6.07 Å². The standard InChI is InChI=1S/C23H18ClFN2O3S/c1-31(29,30)22-12-19(9-10-21(22)24)23(28)27(15-18-3-2-4-20(25)11-18)14-17-7-5-16(13-26)6-8-17/h2-12H,14-15H2,1H3. The predicted molar refractivity (Wildman–Crippen MR) is 116 cm³/mol. The molecule has 0 saturated heterocycles. The highest BCUT2D eigenvalue weighted by Gasteiger charge is 2.21. The van der Waals surface area contributed by atoms with E-state index in [-0.39, 0.29) is 28.6 Å². The topological polar surface area (TPSA) is 78.2 Å². The maximum Gasteiger partial charge on any atom is 0.254 e. The second kappa shape index (κ2) is 9.29. The van der Waals surface area contributed by atoms with Crippen molar-refractivity contribution in [3.05, 3.63) is 99.8 Å². The fourth-order valence-corrected chi connectivity index (χ4v) is 4.36. The normalized spacial score (nSPS) is 11.0. The summed E-state index contributed by atoms with van der Waals surface area (Å²) in [5.41, 5.74) is 1.98. The molecule has 0 spiro atoms. The van der Waals surface area contributed by atoms with Gasteiger partial charge in [0.25, 0.3) is 5.91 Å². The molecule has 5 nitrogen and oxygen atoms in total. The maximum absolute atomic E-state index is 13.7. The second-order valence-electron chi connectivity index (χ2n) is 7.02. The summed E-state index contributed by atoms with van der Waals surface area (Å²) >= 11 is 6.00. The predicted octanol–water partition coefficient (Wildman–Crippen LogP) is 4.60. The summed E-state index contributed by atoms with van der Waals surface area (Å²) in [5.74, 6) is -0.857. The van der Waals surface area contributed by atoms with Crippen molar-refractivity contribution in [1.82, 2.24) is 4.90 Å². The fraction of sp³-hybridized carbons (Fsp3) is 0.130. The van der Waals surface area contributed by atoms with Crippen LogP contribution in [-0.2, 0) is 22.9 Å². The van der Waals surface area contributed by atoms with Crippen molar-refractivity contribution in [2.75, 3.05) is 6.26 Å². The summed E-state index contributed by atoms with van der Waals surface area (Å²) in [5, 5.41) is 9.00. The third-order valence-corrected chi connectivity index (χ3v) is 6.16. The minimum atomic E-state index is -3.63. The molecule has 1 amide bonds. The first-order valence-corrected chi connectivity index (χ1v) is 11.5. The molecule has 0 unspecified atom stereocenters. The molecule has 0 radical (unpaired) electrons. The lowest BCUT2D eigenvalue weighted by molar-refractivity contribution is 0.0729. The summed E-state index contributed by atoms with van der Waals surface area (Å²) in [6.45, 7) is 0.283. The maximum atomic E-state index is 13.7. The van der Waals surface area contributed by atoms with E-state index in [4.69, 9.17) is 16.9 Å². The van der Waals surface area contributed by atoms with Gasteiger partial charge in [0.05, 0.1) is 21.6 Å². The average Bonchev–Trinajstić information content (AvgIpc) is 2.73. The van der Waals surface area contributed by atoms with E-state index in [9.17, 15) is 17.6 Å². The number of carbonyl (C=O) groups excluding carboxylic acids is 1. The molecule has 0 saturated carbocycles. The summed E-state index contributed by atoms with van der Waals surface area (Å²) < 4.78 is 37.7. The zero-order valence-corrected chi connectivity index (χ0v) is 18.1. The molecule has 0 heterocycles. The molecule has 0 aliphatic carbocycles. The first kappa shape index (κ1) is 22.5. The van der Waals surface area contributed by atoms with Gasteiger partial charge in [0.15, 0.2) is 9.84 Å². The number of hydrogen-bond acceptors (Lipinski definition) is 4. The van der Waals surface area contributed by atoms with Crippen LogP contribution in [0.2, 0.25) is 5.02 Å². The quantitative estimate of drug-likeness (QED) is 0.543. The minimum Gasteiger partial charge on any atom is -0.330 e. The highest BCUT2D eigenvalue weighted by Crippen LogP contribution is 2.24. The van der Waals surface area contributed by atoms with Crippen LogP contribution in [0.1, 0.15) is 27.0 Å². The molecule has 0 N–H and O–H groups in total. The van der Waals surface area contributed by atoms with Crippen molar-refractivity contribution in [1.29, 1.82) is 5.26 Å². The molecule has 0 fully saturated rings. The Morgan fingerprint density at radius 2 is 1.71 bits per heavy atom. The number of rotatable bonds is 6. The van der Waals surface area contributed by atoms with Gasteiger partial charge in [-0.1, -0.05) is 35.9 Å². The Kier molecular flexibility index (Phi) is 6.74. The van der Waals surface area contributed by atoms with Crippen LogP contribution in [0.3, 0.4) is 0 Å². The van der Waals surface area contributed by atoms with Crippen LogP contribution < -0.4 is 0 Å². The van der Waals surface area contributed by atoms with Crippen LogP contribution in [-0.4, -0.2) is 25.5 Å². The van der Waals surface area contributed by atoms with Crippen LogP contribution >= 0.6 is 11.6 Å². The van der Waals surface area contributed by atoms with Gasteiger partial charge in [-0.2, -0.15) is 5.26 Å². The van der Waals surface area contributed by atoms with Gasteiger partial charge < -0.3 is 4.90 Å². The van der Waals surface area contributed by atoms with Gasteiger partial charge in [-0.05, 0) is 53.6 Å². The van der Waals surface area contributed by atoms with Crippen LogP contribution in [0, 0.1) is 17.1 Å². The van der Waals surface area contributed by atoms with E-state index in [0.717, 1.165) is 11.8 Å². The lowest BCUT2D eigenvalue weighted by Gasteiger charge is -2.24. The molecule has 3 aromatic rings. The van der Waals surface area contributed by atoms with E-state index in [1.54, 1.807) is 36.4 Å². The molecule has 0 aromatic heterocycles. The van der Waals surface area contributed by atoms with Crippen molar-refractivity contribution in [3.63, 3.8) is 0 Å². The number of halogens is 2. The van der Waals surface area contributed by atoms with Gasteiger partial charge in [0.1, 0.15) is 5.82 Å². The molecule has 3 aromatic carbocycles. The SMILES string of the molecule is CS(=O)(=O)c1cc(C(=O)N(Cc2ccc(C#N)cc2)Cc2cccc(F)c2)ccc1Cl. The number of sulfone groups is 1. The van der Waals surface area contributed by atoms with E-state index in [0.29, 0.717) is 11.1 Å². The van der Waals surface area contributed by atoms with Crippen molar-refractivity contribution in [2.45, 2.75) is 18.0 Å². The Morgan fingerprint density at radius 3 is 2.32 bits per heavy atom. The molecule has 3 rings (SSSR count). The fourth-order valence-electron chi connectivity index (χ4n) is 3.06. The van der Waals surface area contributed by atoms with E-state index < -0.39 is 21.6 Å². The Labute approximate surface area is 185 Å². The first-order chi connectivity index (χ1) is 14.7. The summed E-state index contributed by atoms with van der Waals surface area (Å²) in [6, 6.07) is 18.8. The Morgan fingerprint density at radius 1 is 1.03 bits per heavy atom. The third-order valence-electron chi connectivity index (χ3n) is 4.58. The highest BCUT2D eigenvalue weighted by molar-refractivity contribution is 7.90. The number of benzene rings is 3. The molecular formula is C23H18ClFN2O3S. The molecule has 0 aliphatic rings. The number of hydrogen-bond donors (Lipinski definition) is 0. The molecule has 8 heteroatoms. The van der Waals surface area contributed by atoms with Gasteiger partial charge in [0.2, 0.25) is 0 Å². The number of carbonyl (C=O) groups is 1. The van der Waals surface area contributed by atoms with Crippen LogP contribution in [0.15, 0.2) is 71.6 Å². The number of amides is 1. The van der Waals surface area contributed by atoms with Gasteiger partial charge in [0, 0.05) is 24.9 Å². The van der Waals surface area contributed by atoms with E-state index in [1.807, 2.05) is 6.07 Å². The van der Waals surface area contributed by atoms with Crippen LogP contribution in [0.4, 0.5) is 4.39 Å². The van der Waals surface area contributed by atoms with E-state index in [1.165, 1.54) is 35.2 Å². The summed E-state index contributed by atoms with van der Waals surface area (Å²) in [4.78, 5) is 14.6. The van der Waals surface area contributed by atoms with Crippen LogP contribution in [0.25, 0.3) is 0 Å². The number of nitriles is 1. The Bertz CT molecular complexity index is 1270. The smallest absolute Gasteiger partial charge is 0.254 e. The third kappa shape index (κ3) is 5.69. The molecule has 158 valence electrons.